The lowest BCUT2D eigenvalue weighted by atomic mass is 9.95. The first-order chi connectivity index (χ1) is 8.06. The monoisotopic (exact) mass is 266 g/mol. The van der Waals surface area contributed by atoms with Crippen molar-refractivity contribution >= 4 is 17.0 Å². The number of hydrogen-bond acceptors (Lipinski definition) is 5. The van der Waals surface area contributed by atoms with E-state index < -0.39 is 21.7 Å². The fourth-order valence-corrected chi connectivity index (χ4v) is 2.74. The van der Waals surface area contributed by atoms with E-state index in [9.17, 15) is 9.00 Å². The van der Waals surface area contributed by atoms with Crippen LogP contribution in [0.15, 0.2) is 0 Å². The van der Waals surface area contributed by atoms with Gasteiger partial charge in [-0.15, -0.1) is 0 Å². The Labute approximate surface area is 105 Å². The van der Waals surface area contributed by atoms with E-state index in [2.05, 4.69) is 0 Å². The minimum Gasteiger partial charge on any atom is -0.306 e. The highest BCUT2D eigenvalue weighted by molar-refractivity contribution is 7.82. The number of carbonyl (C=O) groups is 1. The molecule has 0 spiro atoms. The Kier molecular flexibility index (Phi) is 7.53. The van der Waals surface area contributed by atoms with E-state index in [-0.39, 0.29) is 0 Å². The van der Waals surface area contributed by atoms with Gasteiger partial charge in [0.05, 0.1) is 7.11 Å². The maximum atomic E-state index is 11.7. The molecule has 1 rings (SSSR count). The Morgan fingerprint density at radius 2 is 1.88 bits per heavy atom. The quantitative estimate of drug-likeness (QED) is 0.567. The first kappa shape index (κ1) is 16.5. The molecule has 0 aromatic heterocycles. The summed E-state index contributed by atoms with van der Waals surface area (Å²) in [7, 11) is 3.22. The summed E-state index contributed by atoms with van der Waals surface area (Å²) in [5.74, 6) is -0.629. The molecule has 1 fully saturated rings. The number of nitrogens with one attached hydrogen (secondary N) is 1. The summed E-state index contributed by atoms with van der Waals surface area (Å²) < 4.78 is 15.3. The third-order valence-electron chi connectivity index (χ3n) is 2.78. The molecule has 2 N–H and O–H groups in total. The van der Waals surface area contributed by atoms with E-state index in [0.717, 1.165) is 0 Å². The standard InChI is InChI=1S/C8H16N2O4S.C2H6/c1-10-5-3-8(4-6-10,7(11)9-12)15(13)14-2;1-2/h12H,3-6H2,1-2H3,(H,9,11);1-2H3. The van der Waals surface area contributed by atoms with Crippen LogP contribution in [0.2, 0.25) is 0 Å². The van der Waals surface area contributed by atoms with E-state index in [1.165, 1.54) is 7.11 Å². The van der Waals surface area contributed by atoms with Crippen LogP contribution >= 0.6 is 0 Å². The predicted molar refractivity (Wildman–Crippen MR) is 65.9 cm³/mol. The van der Waals surface area contributed by atoms with Crippen molar-refractivity contribution in [2.45, 2.75) is 31.4 Å². The molecule has 1 unspecified atom stereocenters. The first-order valence-electron chi connectivity index (χ1n) is 5.66. The van der Waals surface area contributed by atoms with Crippen molar-refractivity contribution in [2.75, 3.05) is 27.2 Å². The summed E-state index contributed by atoms with van der Waals surface area (Å²) in [5.41, 5.74) is 1.58. The zero-order valence-corrected chi connectivity index (χ0v) is 11.7. The van der Waals surface area contributed by atoms with Crippen molar-refractivity contribution in [1.29, 1.82) is 0 Å². The SMILES string of the molecule is CC.COS(=O)C1(C(=O)NO)CCN(C)CC1. The van der Waals surface area contributed by atoms with Gasteiger partial charge in [0.15, 0.2) is 15.8 Å². The van der Waals surface area contributed by atoms with Gasteiger partial charge < -0.3 is 4.90 Å². The summed E-state index contributed by atoms with van der Waals surface area (Å²) >= 11 is -1.72. The maximum absolute atomic E-state index is 11.7. The maximum Gasteiger partial charge on any atom is 0.264 e. The van der Waals surface area contributed by atoms with Crippen molar-refractivity contribution in [3.63, 3.8) is 0 Å². The summed E-state index contributed by atoms with van der Waals surface area (Å²) in [4.78, 5) is 13.6. The number of carbonyl (C=O) groups excluding carboxylic acids is 1. The first-order valence-corrected chi connectivity index (χ1v) is 6.74. The van der Waals surface area contributed by atoms with E-state index in [4.69, 9.17) is 9.39 Å². The Bertz CT molecular complexity index is 247. The molecule has 102 valence electrons. The predicted octanol–water partition coefficient (Wildman–Crippen LogP) is 0.293. The van der Waals surface area contributed by atoms with E-state index >= 15 is 0 Å². The molecular weight excluding hydrogens is 244 g/mol. The van der Waals surface area contributed by atoms with Crippen LogP contribution in [-0.2, 0) is 20.1 Å². The molecule has 0 saturated carbocycles. The molecule has 7 heteroatoms. The minimum atomic E-state index is -1.72. The number of rotatable bonds is 3. The Hall–Kier alpha value is -0.500. The molecule has 1 heterocycles. The van der Waals surface area contributed by atoms with Crippen LogP contribution in [0.1, 0.15) is 26.7 Å². The third kappa shape index (κ3) is 3.74. The highest BCUT2D eigenvalue weighted by Crippen LogP contribution is 2.28. The van der Waals surface area contributed by atoms with E-state index in [1.54, 1.807) is 5.48 Å². The molecule has 1 aliphatic heterocycles. The summed E-state index contributed by atoms with van der Waals surface area (Å²) in [5, 5.41) is 8.66. The number of likely N-dealkylation sites (tertiary alicyclic amines) is 1. The van der Waals surface area contributed by atoms with Gasteiger partial charge in [0.1, 0.15) is 0 Å². The molecule has 0 aromatic carbocycles. The van der Waals surface area contributed by atoms with Crippen LogP contribution in [0.3, 0.4) is 0 Å². The van der Waals surface area contributed by atoms with Gasteiger partial charge in [-0.05, 0) is 33.0 Å². The lowest BCUT2D eigenvalue weighted by Gasteiger charge is -2.36. The largest absolute Gasteiger partial charge is 0.306 e. The lowest BCUT2D eigenvalue weighted by molar-refractivity contribution is -0.133. The van der Waals surface area contributed by atoms with Gasteiger partial charge in [-0.25, -0.2) is 9.69 Å². The molecule has 1 saturated heterocycles. The van der Waals surface area contributed by atoms with E-state index in [1.807, 2.05) is 25.8 Å². The number of piperidine rings is 1. The third-order valence-corrected chi connectivity index (χ3v) is 4.31. The van der Waals surface area contributed by atoms with Crippen LogP contribution < -0.4 is 5.48 Å². The van der Waals surface area contributed by atoms with Gasteiger partial charge in [0.2, 0.25) is 0 Å². The molecule has 6 nitrogen and oxygen atoms in total. The molecule has 0 aliphatic carbocycles. The van der Waals surface area contributed by atoms with Gasteiger partial charge >= 0.3 is 0 Å². The number of hydroxylamine groups is 1. The summed E-state index contributed by atoms with van der Waals surface area (Å²) in [6, 6.07) is 0. The topological polar surface area (TPSA) is 78.9 Å². The second-order valence-electron chi connectivity index (χ2n) is 3.64. The van der Waals surface area contributed by atoms with E-state index in [0.29, 0.717) is 25.9 Å². The molecule has 0 radical (unpaired) electrons. The highest BCUT2D eigenvalue weighted by atomic mass is 32.2. The minimum absolute atomic E-state index is 0.413. The summed E-state index contributed by atoms with van der Waals surface area (Å²) in [6.07, 6.45) is 0.826. The lowest BCUT2D eigenvalue weighted by Crippen LogP contribution is -2.55. The van der Waals surface area contributed by atoms with Crippen molar-refractivity contribution in [3.05, 3.63) is 0 Å². The Morgan fingerprint density at radius 3 is 2.24 bits per heavy atom. The number of hydrogen-bond donors (Lipinski definition) is 2. The van der Waals surface area contributed by atoms with Crippen LogP contribution in [0, 0.1) is 0 Å². The fraction of sp³-hybridized carbons (Fsp3) is 0.900. The van der Waals surface area contributed by atoms with Crippen LogP contribution in [0.25, 0.3) is 0 Å². The zero-order valence-electron chi connectivity index (χ0n) is 10.9. The summed E-state index contributed by atoms with van der Waals surface area (Å²) in [6.45, 7) is 5.31. The van der Waals surface area contributed by atoms with Crippen LogP contribution in [-0.4, -0.2) is 52.2 Å². The van der Waals surface area contributed by atoms with Crippen LogP contribution in [0.5, 0.6) is 0 Å². The molecule has 1 aliphatic rings. The van der Waals surface area contributed by atoms with Gasteiger partial charge in [-0.3, -0.25) is 14.2 Å². The average Bonchev–Trinajstić information content (AvgIpc) is 2.40. The number of amides is 1. The van der Waals surface area contributed by atoms with Gasteiger partial charge in [-0.1, -0.05) is 13.8 Å². The van der Waals surface area contributed by atoms with Crippen molar-refractivity contribution < 1.29 is 18.4 Å². The molecule has 17 heavy (non-hydrogen) atoms. The van der Waals surface area contributed by atoms with Crippen molar-refractivity contribution in [2.24, 2.45) is 0 Å². The smallest absolute Gasteiger partial charge is 0.264 e. The molecule has 1 amide bonds. The van der Waals surface area contributed by atoms with Crippen LogP contribution in [0.4, 0.5) is 0 Å². The van der Waals surface area contributed by atoms with Crippen molar-refractivity contribution in [1.82, 2.24) is 10.4 Å². The Morgan fingerprint density at radius 1 is 1.41 bits per heavy atom. The second kappa shape index (κ2) is 7.75. The number of nitrogens with zero attached hydrogens (tertiary/aromatic N) is 1. The normalized spacial score (nSPS) is 21.0. The molecule has 0 aromatic rings. The zero-order chi connectivity index (χ0) is 13.5. The fourth-order valence-electron chi connectivity index (χ4n) is 1.71. The van der Waals surface area contributed by atoms with Gasteiger partial charge in [-0.2, -0.15) is 0 Å². The van der Waals surface area contributed by atoms with Gasteiger partial charge in [0.25, 0.3) is 5.91 Å². The molecule has 0 bridgehead atoms. The van der Waals surface area contributed by atoms with Crippen molar-refractivity contribution in [3.8, 4) is 0 Å². The van der Waals surface area contributed by atoms with Gasteiger partial charge in [0, 0.05) is 0 Å². The molecule has 1 atom stereocenters. The highest BCUT2D eigenvalue weighted by Gasteiger charge is 2.47. The molecular formula is C10H22N2O4S. The average molecular weight is 266 g/mol. The second-order valence-corrected chi connectivity index (χ2v) is 5.22. The Balaban J connectivity index is 0.00000121.